The topological polar surface area (TPSA) is 0 Å². The van der Waals surface area contributed by atoms with Crippen LogP contribution in [-0.2, 0) is 0 Å². The Morgan fingerprint density at radius 2 is 1.56 bits per heavy atom. The summed E-state index contributed by atoms with van der Waals surface area (Å²) in [6, 6.07) is 11.6. The van der Waals surface area contributed by atoms with Gasteiger partial charge in [0.15, 0.2) is 0 Å². The zero-order valence-corrected chi connectivity index (χ0v) is 12.4. The molecule has 0 saturated carbocycles. The Morgan fingerprint density at radius 1 is 0.944 bits per heavy atom. The summed E-state index contributed by atoms with van der Waals surface area (Å²) in [5, 5.41) is 0.968. The Labute approximate surface area is 122 Å². The summed E-state index contributed by atoms with van der Waals surface area (Å²) in [5.41, 5.74) is 4.34. The van der Waals surface area contributed by atoms with Crippen LogP contribution in [0.4, 0.5) is 0 Å². The van der Waals surface area contributed by atoms with Crippen LogP contribution in [0.1, 0.15) is 27.6 Å². The molecule has 3 heteroatoms. The summed E-state index contributed by atoms with van der Waals surface area (Å²) in [5.74, 6) is 0. The van der Waals surface area contributed by atoms with Gasteiger partial charge < -0.3 is 0 Å². The van der Waals surface area contributed by atoms with Gasteiger partial charge in [0, 0.05) is 10.0 Å². The molecule has 0 aliphatic heterocycles. The predicted octanol–water partition coefficient (Wildman–Crippen LogP) is 5.94. The second-order valence-corrected chi connectivity index (χ2v) is 5.61. The highest BCUT2D eigenvalue weighted by molar-refractivity contribution is 6.36. The van der Waals surface area contributed by atoms with Crippen LogP contribution in [0.5, 0.6) is 0 Å². The van der Waals surface area contributed by atoms with E-state index >= 15 is 0 Å². The maximum atomic E-state index is 6.57. The molecule has 1 unspecified atom stereocenters. The molecule has 0 heterocycles. The number of hydrogen-bond donors (Lipinski definition) is 0. The van der Waals surface area contributed by atoms with Crippen LogP contribution in [0.2, 0.25) is 10.0 Å². The molecule has 2 aromatic rings. The van der Waals surface area contributed by atoms with E-state index < -0.39 is 0 Å². The molecule has 0 aliphatic carbocycles. The standard InChI is InChI=1S/C15H13Cl3/c1-9-4-3-5-10(2)14(9)15(18)12-7-6-11(16)8-13(12)17/h3-8,15H,1-2H3. The van der Waals surface area contributed by atoms with Gasteiger partial charge in [0.2, 0.25) is 0 Å². The largest absolute Gasteiger partial charge is 0.113 e. The van der Waals surface area contributed by atoms with Gasteiger partial charge in [-0.15, -0.1) is 11.6 Å². The smallest absolute Gasteiger partial charge is 0.0854 e. The van der Waals surface area contributed by atoms with Gasteiger partial charge in [-0.3, -0.25) is 0 Å². The van der Waals surface area contributed by atoms with E-state index in [1.807, 2.05) is 18.2 Å². The van der Waals surface area contributed by atoms with E-state index in [1.54, 1.807) is 6.07 Å². The summed E-state index contributed by atoms with van der Waals surface area (Å²) < 4.78 is 0. The molecule has 0 nitrogen and oxygen atoms in total. The summed E-state index contributed by atoms with van der Waals surface area (Å²) in [6.45, 7) is 4.11. The molecule has 94 valence electrons. The van der Waals surface area contributed by atoms with Crippen molar-refractivity contribution in [3.8, 4) is 0 Å². The molecule has 0 radical (unpaired) electrons. The van der Waals surface area contributed by atoms with Crippen LogP contribution in [0, 0.1) is 13.8 Å². The van der Waals surface area contributed by atoms with Crippen LogP contribution < -0.4 is 0 Å². The van der Waals surface area contributed by atoms with Crippen molar-refractivity contribution in [2.45, 2.75) is 19.2 Å². The summed E-state index contributed by atoms with van der Waals surface area (Å²) in [7, 11) is 0. The van der Waals surface area contributed by atoms with E-state index in [2.05, 4.69) is 26.0 Å². The molecule has 0 N–H and O–H groups in total. The quantitative estimate of drug-likeness (QED) is 0.602. The summed E-state index contributed by atoms with van der Waals surface area (Å²) >= 11 is 18.7. The highest BCUT2D eigenvalue weighted by Gasteiger charge is 2.18. The van der Waals surface area contributed by atoms with Gasteiger partial charge in [-0.2, -0.15) is 0 Å². The first-order valence-corrected chi connectivity index (χ1v) is 6.85. The third-order valence-electron chi connectivity index (χ3n) is 3.03. The minimum Gasteiger partial charge on any atom is -0.113 e. The first-order valence-electron chi connectivity index (χ1n) is 5.66. The van der Waals surface area contributed by atoms with Crippen molar-refractivity contribution in [2.75, 3.05) is 0 Å². The van der Waals surface area contributed by atoms with Gasteiger partial charge in [-0.25, -0.2) is 0 Å². The Kier molecular flexibility index (Phi) is 4.21. The van der Waals surface area contributed by atoms with E-state index in [0.29, 0.717) is 10.0 Å². The van der Waals surface area contributed by atoms with Crippen LogP contribution in [-0.4, -0.2) is 0 Å². The normalized spacial score (nSPS) is 12.5. The maximum Gasteiger partial charge on any atom is 0.0854 e. The number of halogens is 3. The second-order valence-electron chi connectivity index (χ2n) is 4.33. The fourth-order valence-corrected chi connectivity index (χ4v) is 3.20. The van der Waals surface area contributed by atoms with Crippen LogP contribution >= 0.6 is 34.8 Å². The van der Waals surface area contributed by atoms with Gasteiger partial charge in [-0.05, 0) is 48.2 Å². The fourth-order valence-electron chi connectivity index (χ4n) is 2.09. The molecule has 0 amide bonds. The molecule has 0 aromatic heterocycles. The third kappa shape index (κ3) is 2.66. The van der Waals surface area contributed by atoms with E-state index in [-0.39, 0.29) is 5.38 Å². The number of benzene rings is 2. The molecule has 18 heavy (non-hydrogen) atoms. The van der Waals surface area contributed by atoms with Gasteiger partial charge in [0.1, 0.15) is 0 Å². The zero-order valence-electron chi connectivity index (χ0n) is 10.2. The van der Waals surface area contributed by atoms with Gasteiger partial charge in [-0.1, -0.05) is 47.5 Å². The number of alkyl halides is 1. The first-order chi connectivity index (χ1) is 8.50. The highest BCUT2D eigenvalue weighted by Crippen LogP contribution is 2.37. The molecule has 0 fully saturated rings. The number of hydrogen-bond acceptors (Lipinski definition) is 0. The Bertz CT molecular complexity index is 556. The monoisotopic (exact) mass is 298 g/mol. The summed E-state index contributed by atoms with van der Waals surface area (Å²) in [4.78, 5) is 0. The van der Waals surface area contributed by atoms with Crippen molar-refractivity contribution < 1.29 is 0 Å². The zero-order chi connectivity index (χ0) is 13.3. The van der Waals surface area contributed by atoms with Gasteiger partial charge in [0.25, 0.3) is 0 Å². The average Bonchev–Trinajstić information content (AvgIpc) is 2.28. The SMILES string of the molecule is Cc1cccc(C)c1C(Cl)c1ccc(Cl)cc1Cl. The van der Waals surface area contributed by atoms with Crippen molar-refractivity contribution >= 4 is 34.8 Å². The summed E-state index contributed by atoms with van der Waals surface area (Å²) in [6.07, 6.45) is 0. The van der Waals surface area contributed by atoms with Gasteiger partial charge in [0.05, 0.1) is 5.38 Å². The van der Waals surface area contributed by atoms with Crippen LogP contribution in [0.15, 0.2) is 36.4 Å². The molecule has 1 atom stereocenters. The second kappa shape index (κ2) is 5.52. The predicted molar refractivity (Wildman–Crippen MR) is 80.1 cm³/mol. The minimum absolute atomic E-state index is 0.254. The number of aryl methyl sites for hydroxylation is 2. The van der Waals surface area contributed by atoms with E-state index in [0.717, 1.165) is 11.1 Å². The Balaban J connectivity index is 2.51. The van der Waals surface area contributed by atoms with E-state index in [1.165, 1.54) is 11.1 Å². The van der Waals surface area contributed by atoms with Crippen molar-refractivity contribution in [3.05, 3.63) is 68.7 Å². The molecule has 0 aliphatic rings. The number of rotatable bonds is 2. The fraction of sp³-hybridized carbons (Fsp3) is 0.200. The average molecular weight is 300 g/mol. The first kappa shape index (κ1) is 13.7. The van der Waals surface area contributed by atoms with Crippen LogP contribution in [0.25, 0.3) is 0 Å². The molecule has 0 saturated heterocycles. The van der Waals surface area contributed by atoms with E-state index in [9.17, 15) is 0 Å². The lowest BCUT2D eigenvalue weighted by molar-refractivity contribution is 1.08. The lowest BCUT2D eigenvalue weighted by Crippen LogP contribution is -2.00. The Hall–Kier alpha value is -0.690. The Morgan fingerprint density at radius 3 is 2.11 bits per heavy atom. The van der Waals surface area contributed by atoms with Crippen molar-refractivity contribution in [3.63, 3.8) is 0 Å². The molecule has 0 spiro atoms. The lowest BCUT2D eigenvalue weighted by Gasteiger charge is -2.17. The van der Waals surface area contributed by atoms with Crippen molar-refractivity contribution in [2.24, 2.45) is 0 Å². The highest BCUT2D eigenvalue weighted by atomic mass is 35.5. The molecule has 2 aromatic carbocycles. The van der Waals surface area contributed by atoms with E-state index in [4.69, 9.17) is 34.8 Å². The molecular formula is C15H13Cl3. The van der Waals surface area contributed by atoms with Crippen molar-refractivity contribution in [1.82, 2.24) is 0 Å². The lowest BCUT2D eigenvalue weighted by atomic mass is 9.96. The third-order valence-corrected chi connectivity index (χ3v) is 4.05. The molecule has 2 rings (SSSR count). The molecular weight excluding hydrogens is 287 g/mol. The van der Waals surface area contributed by atoms with Crippen LogP contribution in [0.3, 0.4) is 0 Å². The van der Waals surface area contributed by atoms with Gasteiger partial charge >= 0.3 is 0 Å². The van der Waals surface area contributed by atoms with Crippen molar-refractivity contribution in [1.29, 1.82) is 0 Å². The minimum atomic E-state index is -0.254. The maximum absolute atomic E-state index is 6.57. The molecule has 0 bridgehead atoms.